The van der Waals surface area contributed by atoms with Crippen LogP contribution in [0, 0.1) is 18.3 Å². The molecule has 76 valence electrons. The van der Waals surface area contributed by atoms with Gasteiger partial charge in [0, 0.05) is 18.9 Å². The summed E-state index contributed by atoms with van der Waals surface area (Å²) >= 11 is 5.66. The Balaban J connectivity index is 2.22. The molecule has 3 nitrogen and oxygen atoms in total. The molecule has 2 rings (SSSR count). The van der Waals surface area contributed by atoms with Gasteiger partial charge < -0.3 is 4.90 Å². The fourth-order valence-electron chi connectivity index (χ4n) is 1.60. The number of amides is 1. The van der Waals surface area contributed by atoms with Gasteiger partial charge in [0.15, 0.2) is 0 Å². The Labute approximate surface area is 93.1 Å². The Morgan fingerprint density at radius 3 is 2.93 bits per heavy atom. The van der Waals surface area contributed by atoms with Crippen molar-refractivity contribution in [3.05, 3.63) is 23.5 Å². The number of carbonyl (C=O) groups excluding carboxylic acids is 1. The zero-order valence-corrected chi connectivity index (χ0v) is 8.74. The van der Waals surface area contributed by atoms with Gasteiger partial charge in [-0.1, -0.05) is 11.6 Å². The van der Waals surface area contributed by atoms with Crippen LogP contribution in [0.4, 0.5) is 5.69 Å². The minimum atomic E-state index is 0.00757. The van der Waals surface area contributed by atoms with Gasteiger partial charge in [-0.3, -0.25) is 4.79 Å². The number of anilines is 1. The van der Waals surface area contributed by atoms with Crippen LogP contribution >= 0.6 is 11.6 Å². The van der Waals surface area contributed by atoms with Gasteiger partial charge in [-0.25, -0.2) is 4.98 Å². The van der Waals surface area contributed by atoms with Gasteiger partial charge in [0.2, 0.25) is 5.91 Å². The average molecular weight is 221 g/mol. The number of rotatable bonds is 1. The van der Waals surface area contributed by atoms with Crippen LogP contribution in [0.5, 0.6) is 0 Å². The van der Waals surface area contributed by atoms with E-state index in [0.717, 1.165) is 5.69 Å². The quantitative estimate of drug-likeness (QED) is 0.533. The molecule has 2 heterocycles. The first-order chi connectivity index (χ1) is 7.20. The molecule has 1 atom stereocenters. The van der Waals surface area contributed by atoms with E-state index in [4.69, 9.17) is 18.0 Å². The molecule has 0 saturated carbocycles. The maximum atomic E-state index is 11.6. The minimum absolute atomic E-state index is 0.00757. The van der Waals surface area contributed by atoms with Crippen molar-refractivity contribution in [3.63, 3.8) is 0 Å². The fourth-order valence-corrected chi connectivity index (χ4v) is 1.71. The Morgan fingerprint density at radius 2 is 2.40 bits per heavy atom. The van der Waals surface area contributed by atoms with E-state index in [0.29, 0.717) is 18.1 Å². The van der Waals surface area contributed by atoms with Crippen LogP contribution in [0.15, 0.2) is 18.3 Å². The minimum Gasteiger partial charge on any atom is -0.310 e. The van der Waals surface area contributed by atoms with E-state index in [-0.39, 0.29) is 11.8 Å². The van der Waals surface area contributed by atoms with Crippen LogP contribution in [-0.2, 0) is 4.79 Å². The van der Waals surface area contributed by atoms with Crippen LogP contribution in [-0.4, -0.2) is 17.4 Å². The first kappa shape index (κ1) is 10.0. The standard InChI is InChI=1S/C11H9ClN2O/c1-2-8-5-11(15)14(7-8)9-3-4-10(12)13-6-9/h1,3-4,6,8H,5,7H2. The van der Waals surface area contributed by atoms with Crippen molar-refractivity contribution < 1.29 is 4.79 Å². The van der Waals surface area contributed by atoms with Crippen molar-refractivity contribution in [2.45, 2.75) is 6.42 Å². The van der Waals surface area contributed by atoms with Gasteiger partial charge in [-0.15, -0.1) is 12.3 Å². The number of pyridine rings is 1. The predicted octanol–water partition coefficient (Wildman–Crippen LogP) is 1.72. The number of nitrogens with zero attached hydrogens (tertiary/aromatic N) is 2. The van der Waals surface area contributed by atoms with Gasteiger partial charge >= 0.3 is 0 Å². The van der Waals surface area contributed by atoms with Gasteiger partial charge in [-0.05, 0) is 12.1 Å². The Bertz CT molecular complexity index is 421. The van der Waals surface area contributed by atoms with Crippen LogP contribution in [0.1, 0.15) is 6.42 Å². The Kier molecular flexibility index (Phi) is 2.61. The predicted molar refractivity (Wildman–Crippen MR) is 58.5 cm³/mol. The summed E-state index contributed by atoms with van der Waals surface area (Å²) in [5, 5.41) is 0.416. The van der Waals surface area contributed by atoms with Crippen LogP contribution in [0.25, 0.3) is 0 Å². The molecule has 1 amide bonds. The van der Waals surface area contributed by atoms with E-state index >= 15 is 0 Å². The van der Waals surface area contributed by atoms with Crippen molar-refractivity contribution in [3.8, 4) is 12.3 Å². The Morgan fingerprint density at radius 1 is 1.60 bits per heavy atom. The topological polar surface area (TPSA) is 33.2 Å². The van der Waals surface area contributed by atoms with Crippen molar-refractivity contribution >= 4 is 23.2 Å². The number of hydrogen-bond donors (Lipinski definition) is 0. The van der Waals surface area contributed by atoms with E-state index in [1.165, 1.54) is 0 Å². The molecule has 0 bridgehead atoms. The molecule has 1 fully saturated rings. The third kappa shape index (κ3) is 1.95. The summed E-state index contributed by atoms with van der Waals surface area (Å²) in [7, 11) is 0. The summed E-state index contributed by atoms with van der Waals surface area (Å²) in [5.74, 6) is 2.65. The molecule has 0 radical (unpaired) electrons. The van der Waals surface area contributed by atoms with Crippen molar-refractivity contribution in [1.82, 2.24) is 4.98 Å². The van der Waals surface area contributed by atoms with Crippen LogP contribution in [0.3, 0.4) is 0 Å². The first-order valence-corrected chi connectivity index (χ1v) is 4.96. The molecule has 4 heteroatoms. The van der Waals surface area contributed by atoms with Crippen molar-refractivity contribution in [1.29, 1.82) is 0 Å². The third-order valence-corrected chi connectivity index (χ3v) is 2.61. The average Bonchev–Trinajstić information content (AvgIpc) is 2.61. The molecule has 0 aliphatic carbocycles. The zero-order valence-electron chi connectivity index (χ0n) is 7.98. The molecule has 0 aromatic carbocycles. The molecule has 1 aromatic rings. The Hall–Kier alpha value is -1.53. The lowest BCUT2D eigenvalue weighted by Gasteiger charge is -2.14. The number of hydrogen-bond acceptors (Lipinski definition) is 2. The summed E-state index contributed by atoms with van der Waals surface area (Å²) in [6, 6.07) is 3.43. The highest BCUT2D eigenvalue weighted by Crippen LogP contribution is 2.24. The van der Waals surface area contributed by atoms with Gasteiger partial charge in [0.05, 0.1) is 11.9 Å². The van der Waals surface area contributed by atoms with E-state index in [1.807, 2.05) is 0 Å². The van der Waals surface area contributed by atoms with Crippen LogP contribution < -0.4 is 4.90 Å². The molecule has 1 unspecified atom stereocenters. The van der Waals surface area contributed by atoms with Crippen molar-refractivity contribution in [2.75, 3.05) is 11.4 Å². The highest BCUT2D eigenvalue weighted by atomic mass is 35.5. The smallest absolute Gasteiger partial charge is 0.228 e. The number of halogens is 1. The molecule has 0 N–H and O–H groups in total. The second kappa shape index (κ2) is 3.92. The largest absolute Gasteiger partial charge is 0.310 e. The van der Waals surface area contributed by atoms with Gasteiger partial charge in [0.25, 0.3) is 0 Å². The van der Waals surface area contributed by atoms with Crippen LogP contribution in [0.2, 0.25) is 5.15 Å². The highest BCUT2D eigenvalue weighted by Gasteiger charge is 2.29. The molecular weight excluding hydrogens is 212 g/mol. The molecular formula is C11H9ClN2O. The first-order valence-electron chi connectivity index (χ1n) is 4.59. The van der Waals surface area contributed by atoms with Gasteiger partial charge in [0.1, 0.15) is 5.15 Å². The van der Waals surface area contributed by atoms with Gasteiger partial charge in [-0.2, -0.15) is 0 Å². The maximum absolute atomic E-state index is 11.6. The molecule has 1 saturated heterocycles. The van der Waals surface area contributed by atoms with Crippen molar-refractivity contribution in [2.24, 2.45) is 5.92 Å². The van der Waals surface area contributed by atoms with E-state index in [1.54, 1.807) is 23.2 Å². The number of aromatic nitrogens is 1. The third-order valence-electron chi connectivity index (χ3n) is 2.38. The lowest BCUT2D eigenvalue weighted by atomic mass is 10.1. The molecule has 1 aromatic heterocycles. The number of carbonyl (C=O) groups is 1. The summed E-state index contributed by atoms with van der Waals surface area (Å²) in [4.78, 5) is 17.2. The zero-order chi connectivity index (χ0) is 10.8. The molecule has 15 heavy (non-hydrogen) atoms. The number of terminal acetylenes is 1. The molecule has 1 aliphatic heterocycles. The summed E-state index contributed by atoms with van der Waals surface area (Å²) in [6.45, 7) is 0.568. The summed E-state index contributed by atoms with van der Waals surface area (Å²) in [6.07, 6.45) is 7.29. The lowest BCUT2D eigenvalue weighted by Crippen LogP contribution is -2.24. The summed E-state index contributed by atoms with van der Waals surface area (Å²) < 4.78 is 0. The fraction of sp³-hybridized carbons (Fsp3) is 0.273. The maximum Gasteiger partial charge on any atom is 0.228 e. The van der Waals surface area contributed by atoms with E-state index in [2.05, 4.69) is 10.9 Å². The SMILES string of the molecule is C#CC1CC(=O)N(c2ccc(Cl)nc2)C1. The van der Waals surface area contributed by atoms with E-state index in [9.17, 15) is 4.79 Å². The summed E-state index contributed by atoms with van der Waals surface area (Å²) in [5.41, 5.74) is 0.752. The van der Waals surface area contributed by atoms with E-state index < -0.39 is 0 Å². The monoisotopic (exact) mass is 220 g/mol. The highest BCUT2D eigenvalue weighted by molar-refractivity contribution is 6.29. The normalized spacial score (nSPS) is 20.4. The second-order valence-corrected chi connectivity index (χ2v) is 3.80. The second-order valence-electron chi connectivity index (χ2n) is 3.41. The molecule has 1 aliphatic rings. The lowest BCUT2D eigenvalue weighted by molar-refractivity contribution is -0.117. The molecule has 0 spiro atoms.